The van der Waals surface area contributed by atoms with Crippen molar-refractivity contribution in [1.82, 2.24) is 25.8 Å². The molecule has 2 aromatic heterocycles. The molecule has 0 saturated carbocycles. The first-order valence-corrected chi connectivity index (χ1v) is 10.5. The van der Waals surface area contributed by atoms with Crippen molar-refractivity contribution in [3.8, 4) is 17.4 Å². The molecule has 0 atom stereocenters. The Labute approximate surface area is 194 Å². The van der Waals surface area contributed by atoms with E-state index in [1.807, 2.05) is 19.9 Å². The maximum atomic E-state index is 12.4. The van der Waals surface area contributed by atoms with Crippen molar-refractivity contribution in [1.29, 1.82) is 0 Å². The number of halogens is 1. The lowest BCUT2D eigenvalue weighted by molar-refractivity contribution is -0.123. The molecular formula is C20H29FN6O7. The highest BCUT2D eigenvalue weighted by atomic mass is 19.1. The Morgan fingerprint density at radius 3 is 2.41 bits per heavy atom. The van der Waals surface area contributed by atoms with Gasteiger partial charge in [0.15, 0.2) is 6.61 Å². The quantitative estimate of drug-likeness (QED) is 0.297. The number of rotatable bonds is 7. The van der Waals surface area contributed by atoms with Gasteiger partial charge in [-0.05, 0) is 46.4 Å². The number of nitrogens with one attached hydrogen (secondary N) is 2. The second-order valence-electron chi connectivity index (χ2n) is 6.15. The van der Waals surface area contributed by atoms with E-state index in [1.165, 1.54) is 17.2 Å². The molecule has 1 aliphatic rings. The number of fused-ring (bicyclic) bond motifs is 1. The summed E-state index contributed by atoms with van der Waals surface area (Å²) in [7, 11) is 0. The van der Waals surface area contributed by atoms with Gasteiger partial charge in [-0.15, -0.1) is 0 Å². The van der Waals surface area contributed by atoms with Crippen molar-refractivity contribution in [2.45, 2.75) is 26.7 Å². The SMILES string of the molecule is CC.Fc1ccc2c(c1)CC2.NCCO.O=C(COc1nonc1-c1noc(=O)[nH]1)NCCO. The molecule has 0 fully saturated rings. The predicted octanol–water partition coefficient (Wildman–Crippen LogP) is -0.212. The number of nitrogens with zero attached hydrogens (tertiary/aromatic N) is 3. The number of nitrogens with two attached hydrogens (primary N) is 1. The number of ether oxygens (including phenoxy) is 1. The van der Waals surface area contributed by atoms with E-state index < -0.39 is 11.7 Å². The van der Waals surface area contributed by atoms with Crippen LogP contribution in [0, 0.1) is 5.82 Å². The Balaban J connectivity index is 0.000000317. The molecule has 3 aromatic rings. The summed E-state index contributed by atoms with van der Waals surface area (Å²) in [5.74, 6) is -1.49. The van der Waals surface area contributed by atoms with E-state index in [9.17, 15) is 14.0 Å². The number of aromatic amines is 1. The molecule has 0 unspecified atom stereocenters. The van der Waals surface area contributed by atoms with Gasteiger partial charge in [-0.25, -0.2) is 13.8 Å². The van der Waals surface area contributed by atoms with Gasteiger partial charge in [-0.3, -0.25) is 14.3 Å². The van der Waals surface area contributed by atoms with Crippen LogP contribution in [0.5, 0.6) is 5.88 Å². The van der Waals surface area contributed by atoms with E-state index in [0.29, 0.717) is 6.54 Å². The van der Waals surface area contributed by atoms with Crippen molar-refractivity contribution in [2.24, 2.45) is 5.73 Å². The Morgan fingerprint density at radius 2 is 1.91 bits per heavy atom. The number of aliphatic hydroxyl groups excluding tert-OH is 2. The molecule has 14 heteroatoms. The number of aryl methyl sites for hydroxylation is 2. The van der Waals surface area contributed by atoms with Crippen LogP contribution in [0.15, 0.2) is 32.1 Å². The van der Waals surface area contributed by atoms with Crippen LogP contribution >= 0.6 is 0 Å². The molecule has 4 rings (SSSR count). The van der Waals surface area contributed by atoms with Gasteiger partial charge in [0.2, 0.25) is 11.5 Å². The molecule has 0 bridgehead atoms. The Hall–Kier alpha value is -3.62. The Bertz CT molecular complexity index is 1030. The van der Waals surface area contributed by atoms with Crippen molar-refractivity contribution < 1.29 is 33.3 Å². The summed E-state index contributed by atoms with van der Waals surface area (Å²) in [6, 6.07) is 5.02. The molecule has 0 aliphatic heterocycles. The van der Waals surface area contributed by atoms with Gasteiger partial charge in [0.25, 0.3) is 11.8 Å². The lowest BCUT2D eigenvalue weighted by Gasteiger charge is -2.17. The topological polar surface area (TPSA) is 203 Å². The smallest absolute Gasteiger partial charge is 0.439 e. The number of aromatic nitrogens is 4. The van der Waals surface area contributed by atoms with Crippen molar-refractivity contribution in [3.05, 3.63) is 45.7 Å². The molecule has 2 heterocycles. The van der Waals surface area contributed by atoms with E-state index >= 15 is 0 Å². The number of H-pyrrole nitrogens is 1. The number of hydrogen-bond donors (Lipinski definition) is 5. The molecule has 34 heavy (non-hydrogen) atoms. The van der Waals surface area contributed by atoms with Crippen LogP contribution in [0.1, 0.15) is 25.0 Å². The summed E-state index contributed by atoms with van der Waals surface area (Å²) in [5, 5.41) is 28.9. The number of carbonyl (C=O) groups is 1. The van der Waals surface area contributed by atoms with Gasteiger partial charge in [0, 0.05) is 13.1 Å². The Morgan fingerprint density at radius 1 is 1.21 bits per heavy atom. The van der Waals surface area contributed by atoms with Crippen LogP contribution in [-0.2, 0) is 17.6 Å². The summed E-state index contributed by atoms with van der Waals surface area (Å²) in [6.45, 7) is 4.05. The number of hydrogen-bond acceptors (Lipinski definition) is 11. The van der Waals surface area contributed by atoms with Gasteiger partial charge in [-0.2, -0.15) is 0 Å². The van der Waals surface area contributed by atoms with Crippen molar-refractivity contribution in [3.63, 3.8) is 0 Å². The van der Waals surface area contributed by atoms with E-state index in [1.54, 1.807) is 6.07 Å². The fraction of sp³-hybridized carbons (Fsp3) is 0.450. The van der Waals surface area contributed by atoms with E-state index in [-0.39, 0.29) is 49.6 Å². The minimum absolute atomic E-state index is 0.000748. The zero-order valence-electron chi connectivity index (χ0n) is 18.9. The zero-order valence-corrected chi connectivity index (χ0v) is 18.9. The fourth-order valence-corrected chi connectivity index (χ4v) is 2.30. The summed E-state index contributed by atoms with van der Waals surface area (Å²) in [5.41, 5.74) is 7.28. The van der Waals surface area contributed by atoms with Gasteiger partial charge in [-0.1, -0.05) is 25.1 Å². The molecule has 13 nitrogen and oxygen atoms in total. The third kappa shape index (κ3) is 9.48. The van der Waals surface area contributed by atoms with Crippen LogP contribution in [0.25, 0.3) is 11.5 Å². The minimum Gasteiger partial charge on any atom is -0.464 e. The van der Waals surface area contributed by atoms with Crippen LogP contribution < -0.4 is 21.5 Å². The van der Waals surface area contributed by atoms with Crippen LogP contribution in [0.2, 0.25) is 0 Å². The number of aliphatic hydroxyl groups is 2. The highest BCUT2D eigenvalue weighted by Gasteiger charge is 2.19. The summed E-state index contributed by atoms with van der Waals surface area (Å²) >= 11 is 0. The van der Waals surface area contributed by atoms with Crippen molar-refractivity contribution in [2.75, 3.05) is 32.9 Å². The minimum atomic E-state index is -0.773. The van der Waals surface area contributed by atoms with Crippen LogP contribution in [0.3, 0.4) is 0 Å². The second-order valence-corrected chi connectivity index (χ2v) is 6.15. The molecule has 6 N–H and O–H groups in total. The molecule has 0 saturated heterocycles. The van der Waals surface area contributed by atoms with Gasteiger partial charge in [0.1, 0.15) is 5.82 Å². The van der Waals surface area contributed by atoms with Crippen LogP contribution in [-0.4, -0.2) is 69.5 Å². The highest BCUT2D eigenvalue weighted by molar-refractivity contribution is 5.77. The van der Waals surface area contributed by atoms with Gasteiger partial charge in [0.05, 0.1) is 13.2 Å². The summed E-state index contributed by atoms with van der Waals surface area (Å²) in [4.78, 5) is 24.3. The lowest BCUT2D eigenvalue weighted by atomic mass is 9.89. The van der Waals surface area contributed by atoms with Gasteiger partial charge >= 0.3 is 5.76 Å². The highest BCUT2D eigenvalue weighted by Crippen LogP contribution is 2.23. The summed E-state index contributed by atoms with van der Waals surface area (Å²) in [6.07, 6.45) is 2.20. The van der Waals surface area contributed by atoms with E-state index in [4.69, 9.17) is 20.7 Å². The first kappa shape index (κ1) is 28.4. The number of benzene rings is 1. The normalized spacial score (nSPS) is 10.6. The molecule has 188 valence electrons. The van der Waals surface area contributed by atoms with Gasteiger partial charge < -0.3 is 26.0 Å². The third-order valence-corrected chi connectivity index (χ3v) is 3.86. The number of amides is 1. The molecule has 0 spiro atoms. The summed E-state index contributed by atoms with van der Waals surface area (Å²) < 4.78 is 26.1. The van der Waals surface area contributed by atoms with E-state index in [0.717, 1.165) is 12.8 Å². The predicted molar refractivity (Wildman–Crippen MR) is 117 cm³/mol. The first-order valence-electron chi connectivity index (χ1n) is 10.5. The van der Waals surface area contributed by atoms with E-state index in [2.05, 4.69) is 34.9 Å². The second kappa shape index (κ2) is 16.1. The third-order valence-electron chi connectivity index (χ3n) is 3.86. The van der Waals surface area contributed by atoms with Crippen LogP contribution in [0.4, 0.5) is 4.39 Å². The molecule has 0 radical (unpaired) electrons. The fourth-order valence-electron chi connectivity index (χ4n) is 2.30. The first-order chi connectivity index (χ1) is 16.5. The lowest BCUT2D eigenvalue weighted by Crippen LogP contribution is -2.31. The van der Waals surface area contributed by atoms with Crippen molar-refractivity contribution >= 4 is 5.91 Å². The molecular weight excluding hydrogens is 455 g/mol. The Kier molecular flexibility index (Phi) is 13.4. The standard InChI is InChI=1S/C8H7F.C8H9N5O6.C2H7NO.C2H6/c9-8-4-3-6-1-2-7(6)5-8;14-2-1-9-4(15)3-17-7-5(11-19-13-7)6-10-8(16)18-12-6;3-1-2-4;1-2/h3-5H,1-2H2;14H,1-3H2,(H,9,15)(H,10,12,16);4H,1-3H2;1-2H3. The zero-order chi connectivity index (χ0) is 25.3. The molecule has 1 aliphatic carbocycles. The average molecular weight is 484 g/mol. The largest absolute Gasteiger partial charge is 0.464 e. The maximum absolute atomic E-state index is 12.4. The maximum Gasteiger partial charge on any atom is 0.439 e. The molecule has 1 aromatic carbocycles. The molecule has 1 amide bonds. The average Bonchev–Trinajstić information content (AvgIpc) is 3.49. The monoisotopic (exact) mass is 484 g/mol. The number of carbonyl (C=O) groups excluding carboxylic acids is 1.